The second-order valence-electron chi connectivity index (χ2n) is 6.33. The van der Waals surface area contributed by atoms with Crippen LogP contribution < -0.4 is 5.32 Å². The van der Waals surface area contributed by atoms with Gasteiger partial charge >= 0.3 is 0 Å². The molecule has 1 aliphatic rings. The van der Waals surface area contributed by atoms with E-state index in [1.165, 1.54) is 42.4 Å². The Kier molecular flexibility index (Phi) is 5.22. The molecule has 2 nitrogen and oxygen atoms in total. The second kappa shape index (κ2) is 6.73. The van der Waals surface area contributed by atoms with Gasteiger partial charge in [0.15, 0.2) is 0 Å². The lowest BCUT2D eigenvalue weighted by molar-refractivity contribution is -0.0523. The summed E-state index contributed by atoms with van der Waals surface area (Å²) in [7, 11) is 3.95. The van der Waals surface area contributed by atoms with E-state index < -0.39 is 0 Å². The van der Waals surface area contributed by atoms with Crippen molar-refractivity contribution in [2.24, 2.45) is 0 Å². The fraction of sp³-hybridized carbons (Fsp3) is 0.667. The third-order valence-electron chi connectivity index (χ3n) is 4.75. The molecule has 1 fully saturated rings. The Morgan fingerprint density at radius 2 is 1.55 bits per heavy atom. The van der Waals surface area contributed by atoms with E-state index in [0.717, 1.165) is 12.8 Å². The average Bonchev–Trinajstić information content (AvgIpc) is 2.65. The maximum absolute atomic E-state index is 6.08. The predicted octanol–water partition coefficient (Wildman–Crippen LogP) is 4.30. The van der Waals surface area contributed by atoms with Gasteiger partial charge in [0.2, 0.25) is 0 Å². The molecule has 1 aliphatic carbocycles. The predicted molar refractivity (Wildman–Crippen MR) is 85.2 cm³/mol. The van der Waals surface area contributed by atoms with Crippen LogP contribution in [0.4, 0.5) is 0 Å². The molecule has 0 aliphatic heterocycles. The van der Waals surface area contributed by atoms with E-state index in [2.05, 4.69) is 44.4 Å². The van der Waals surface area contributed by atoms with Gasteiger partial charge in [0.25, 0.3) is 0 Å². The Balaban J connectivity index is 2.37. The van der Waals surface area contributed by atoms with Crippen molar-refractivity contribution in [1.82, 2.24) is 5.32 Å². The Bertz CT molecular complexity index is 413. The van der Waals surface area contributed by atoms with E-state index in [1.54, 1.807) is 0 Å². The van der Waals surface area contributed by atoms with Crippen molar-refractivity contribution in [1.29, 1.82) is 0 Å². The highest BCUT2D eigenvalue weighted by Gasteiger charge is 2.39. The van der Waals surface area contributed by atoms with Gasteiger partial charge in [-0.1, -0.05) is 55.0 Å². The molecule has 0 aromatic heterocycles. The van der Waals surface area contributed by atoms with Gasteiger partial charge < -0.3 is 10.1 Å². The summed E-state index contributed by atoms with van der Waals surface area (Å²) in [4.78, 5) is 0. The highest BCUT2D eigenvalue weighted by molar-refractivity contribution is 5.32. The van der Waals surface area contributed by atoms with E-state index in [1.807, 2.05) is 7.11 Å². The molecule has 2 rings (SSSR count). The number of hydrogen-bond donors (Lipinski definition) is 1. The van der Waals surface area contributed by atoms with Gasteiger partial charge in [-0.05, 0) is 39.3 Å². The van der Waals surface area contributed by atoms with Crippen LogP contribution in [0.3, 0.4) is 0 Å². The molecule has 2 heteroatoms. The maximum atomic E-state index is 6.08. The number of likely N-dealkylation sites (N-methyl/N-ethyl adjacent to an activating group) is 1. The number of aryl methyl sites for hydroxylation is 2. The molecule has 1 aromatic rings. The number of nitrogens with one attached hydrogen (secondary N) is 1. The SMILES string of the molecule is CNC(c1cc(C)cc(C)c1)C1(OC)CCCCCC1. The van der Waals surface area contributed by atoms with Crippen LogP contribution in [-0.4, -0.2) is 19.8 Å². The first-order valence-electron chi connectivity index (χ1n) is 7.92. The van der Waals surface area contributed by atoms with Crippen molar-refractivity contribution in [3.05, 3.63) is 34.9 Å². The number of ether oxygens (including phenoxy) is 1. The first-order chi connectivity index (χ1) is 9.61. The molecule has 112 valence electrons. The molecular weight excluding hydrogens is 246 g/mol. The van der Waals surface area contributed by atoms with Crippen LogP contribution in [0.1, 0.15) is 61.3 Å². The second-order valence-corrected chi connectivity index (χ2v) is 6.33. The van der Waals surface area contributed by atoms with E-state index in [9.17, 15) is 0 Å². The van der Waals surface area contributed by atoms with Crippen LogP contribution in [-0.2, 0) is 4.74 Å². The summed E-state index contributed by atoms with van der Waals surface area (Å²) in [5.41, 5.74) is 3.99. The van der Waals surface area contributed by atoms with Crippen molar-refractivity contribution < 1.29 is 4.74 Å². The van der Waals surface area contributed by atoms with Crippen molar-refractivity contribution in [3.63, 3.8) is 0 Å². The van der Waals surface area contributed by atoms with Crippen molar-refractivity contribution in [2.45, 2.75) is 64.0 Å². The standard InChI is InChI=1S/C18H29NO/c1-14-11-15(2)13-16(12-14)17(19-3)18(20-4)9-7-5-6-8-10-18/h11-13,17,19H,5-10H2,1-4H3. The van der Waals surface area contributed by atoms with E-state index >= 15 is 0 Å². The van der Waals surface area contributed by atoms with Crippen molar-refractivity contribution in [3.8, 4) is 0 Å². The molecule has 1 saturated carbocycles. The molecule has 1 N–H and O–H groups in total. The quantitative estimate of drug-likeness (QED) is 0.827. The highest BCUT2D eigenvalue weighted by Crippen LogP contribution is 2.40. The summed E-state index contributed by atoms with van der Waals surface area (Å²) in [6.07, 6.45) is 7.54. The molecule has 0 bridgehead atoms. The largest absolute Gasteiger partial charge is 0.376 e. The fourth-order valence-electron chi connectivity index (χ4n) is 3.85. The first-order valence-corrected chi connectivity index (χ1v) is 7.92. The molecule has 0 saturated heterocycles. The summed E-state index contributed by atoms with van der Waals surface area (Å²) >= 11 is 0. The number of benzene rings is 1. The zero-order valence-corrected chi connectivity index (χ0v) is 13.5. The van der Waals surface area contributed by atoms with Gasteiger partial charge in [0.05, 0.1) is 11.6 Å². The number of rotatable bonds is 4. The van der Waals surface area contributed by atoms with Crippen LogP contribution >= 0.6 is 0 Å². The highest BCUT2D eigenvalue weighted by atomic mass is 16.5. The Morgan fingerprint density at radius 3 is 2.00 bits per heavy atom. The lowest BCUT2D eigenvalue weighted by Crippen LogP contribution is -2.44. The summed E-state index contributed by atoms with van der Waals surface area (Å²) in [5, 5.41) is 3.54. The smallest absolute Gasteiger partial charge is 0.0872 e. The van der Waals surface area contributed by atoms with Crippen LogP contribution in [0.5, 0.6) is 0 Å². The minimum atomic E-state index is -0.0501. The van der Waals surface area contributed by atoms with Crippen molar-refractivity contribution >= 4 is 0 Å². The molecular formula is C18H29NO. The summed E-state index contributed by atoms with van der Waals surface area (Å²) in [6.45, 7) is 4.35. The normalized spacial score (nSPS) is 20.4. The Morgan fingerprint density at radius 1 is 1.00 bits per heavy atom. The lowest BCUT2D eigenvalue weighted by atomic mass is 9.81. The molecule has 1 atom stereocenters. The summed E-state index contributed by atoms with van der Waals surface area (Å²) in [6, 6.07) is 7.13. The molecule has 0 spiro atoms. The van der Waals surface area contributed by atoms with Gasteiger partial charge in [-0.15, -0.1) is 0 Å². The third kappa shape index (κ3) is 3.24. The topological polar surface area (TPSA) is 21.3 Å². The molecule has 1 unspecified atom stereocenters. The van der Waals surface area contributed by atoms with Crippen molar-refractivity contribution in [2.75, 3.05) is 14.2 Å². The van der Waals surface area contributed by atoms with E-state index in [4.69, 9.17) is 4.74 Å². The third-order valence-corrected chi connectivity index (χ3v) is 4.75. The fourth-order valence-corrected chi connectivity index (χ4v) is 3.85. The van der Waals surface area contributed by atoms with E-state index in [-0.39, 0.29) is 11.6 Å². The van der Waals surface area contributed by atoms with Gasteiger partial charge in [0, 0.05) is 7.11 Å². The molecule has 0 radical (unpaired) electrons. The number of hydrogen-bond acceptors (Lipinski definition) is 2. The average molecular weight is 275 g/mol. The van der Waals surface area contributed by atoms with Gasteiger partial charge in [0.1, 0.15) is 0 Å². The zero-order valence-electron chi connectivity index (χ0n) is 13.5. The van der Waals surface area contributed by atoms with Crippen LogP contribution in [0.2, 0.25) is 0 Å². The molecule has 1 aromatic carbocycles. The Hall–Kier alpha value is -0.860. The van der Waals surface area contributed by atoms with E-state index in [0.29, 0.717) is 0 Å². The monoisotopic (exact) mass is 275 g/mol. The minimum Gasteiger partial charge on any atom is -0.376 e. The molecule has 0 heterocycles. The summed E-state index contributed by atoms with van der Waals surface area (Å²) < 4.78 is 6.08. The lowest BCUT2D eigenvalue weighted by Gasteiger charge is -2.39. The van der Waals surface area contributed by atoms with Gasteiger partial charge in [-0.2, -0.15) is 0 Å². The molecule has 0 amide bonds. The van der Waals surface area contributed by atoms with Crippen LogP contribution in [0.25, 0.3) is 0 Å². The number of methoxy groups -OCH3 is 1. The van der Waals surface area contributed by atoms with Crippen LogP contribution in [0.15, 0.2) is 18.2 Å². The first kappa shape index (κ1) is 15.5. The van der Waals surface area contributed by atoms with Gasteiger partial charge in [-0.3, -0.25) is 0 Å². The maximum Gasteiger partial charge on any atom is 0.0872 e. The minimum absolute atomic E-state index is 0.0501. The summed E-state index contributed by atoms with van der Waals surface area (Å²) in [5.74, 6) is 0. The molecule has 20 heavy (non-hydrogen) atoms. The Labute approximate surface area is 123 Å². The van der Waals surface area contributed by atoms with Gasteiger partial charge in [-0.25, -0.2) is 0 Å². The zero-order chi connectivity index (χ0) is 14.6. The van der Waals surface area contributed by atoms with Crippen LogP contribution in [0, 0.1) is 13.8 Å².